The average Bonchev–Trinajstić information content (AvgIpc) is 2.85. The lowest BCUT2D eigenvalue weighted by atomic mass is 10.0. The fraction of sp³-hybridized carbons (Fsp3) is 0.929. The van der Waals surface area contributed by atoms with E-state index in [9.17, 15) is 4.79 Å². The molecule has 1 fully saturated rings. The van der Waals surface area contributed by atoms with Crippen molar-refractivity contribution < 1.29 is 19.0 Å². The highest BCUT2D eigenvalue weighted by Crippen LogP contribution is 2.19. The van der Waals surface area contributed by atoms with Gasteiger partial charge in [-0.1, -0.05) is 6.92 Å². The van der Waals surface area contributed by atoms with Crippen LogP contribution in [0.2, 0.25) is 0 Å². The Kier molecular flexibility index (Phi) is 6.88. The van der Waals surface area contributed by atoms with Gasteiger partial charge in [0.25, 0.3) is 0 Å². The number of nitrogens with one attached hydrogen (secondary N) is 1. The summed E-state index contributed by atoms with van der Waals surface area (Å²) in [7, 11) is 4.80. The first-order valence-corrected chi connectivity index (χ1v) is 7.12. The minimum Gasteiger partial charge on any atom is -0.468 e. The van der Waals surface area contributed by atoms with Crippen molar-refractivity contribution in [2.75, 3.05) is 47.5 Å². The Labute approximate surface area is 121 Å². The molecular formula is C14H28N2O4. The van der Waals surface area contributed by atoms with Gasteiger partial charge in [-0.05, 0) is 19.9 Å². The lowest BCUT2D eigenvalue weighted by Crippen LogP contribution is -2.57. The molecule has 1 N–H and O–H groups in total. The van der Waals surface area contributed by atoms with Crippen molar-refractivity contribution in [1.29, 1.82) is 0 Å². The summed E-state index contributed by atoms with van der Waals surface area (Å²) < 4.78 is 15.8. The number of carbonyl (C=O) groups is 1. The zero-order valence-electron chi connectivity index (χ0n) is 13.3. The molecule has 0 radical (unpaired) electrons. The zero-order valence-corrected chi connectivity index (χ0v) is 13.3. The van der Waals surface area contributed by atoms with E-state index in [1.54, 1.807) is 14.2 Å². The van der Waals surface area contributed by atoms with Crippen LogP contribution in [0.15, 0.2) is 0 Å². The van der Waals surface area contributed by atoms with Crippen molar-refractivity contribution in [1.82, 2.24) is 10.2 Å². The van der Waals surface area contributed by atoms with Crippen LogP contribution in [0.1, 0.15) is 20.3 Å². The Morgan fingerprint density at radius 2 is 1.80 bits per heavy atom. The number of likely N-dealkylation sites (tertiary alicyclic amines) is 1. The third-order valence-corrected chi connectivity index (χ3v) is 3.84. The van der Waals surface area contributed by atoms with Crippen LogP contribution in [0.4, 0.5) is 0 Å². The average molecular weight is 288 g/mol. The van der Waals surface area contributed by atoms with Gasteiger partial charge in [0.15, 0.2) is 0 Å². The van der Waals surface area contributed by atoms with Crippen molar-refractivity contribution >= 4 is 5.97 Å². The number of hydrogen-bond donors (Lipinski definition) is 1. The molecule has 6 heteroatoms. The molecule has 0 aromatic carbocycles. The van der Waals surface area contributed by atoms with Gasteiger partial charge < -0.3 is 19.5 Å². The minimum absolute atomic E-state index is 0.0491. The monoisotopic (exact) mass is 288 g/mol. The van der Waals surface area contributed by atoms with Crippen LogP contribution in [-0.4, -0.2) is 76.1 Å². The second kappa shape index (κ2) is 7.93. The van der Waals surface area contributed by atoms with Crippen molar-refractivity contribution in [3.8, 4) is 0 Å². The molecule has 6 nitrogen and oxygen atoms in total. The minimum atomic E-state index is -0.703. The molecule has 0 aromatic heterocycles. The molecule has 3 atom stereocenters. The Morgan fingerprint density at radius 3 is 2.20 bits per heavy atom. The van der Waals surface area contributed by atoms with Crippen LogP contribution in [-0.2, 0) is 19.0 Å². The third-order valence-electron chi connectivity index (χ3n) is 3.84. The van der Waals surface area contributed by atoms with Crippen molar-refractivity contribution in [2.45, 2.75) is 38.0 Å². The van der Waals surface area contributed by atoms with Crippen molar-refractivity contribution in [2.24, 2.45) is 0 Å². The van der Waals surface area contributed by atoms with Gasteiger partial charge in [0.2, 0.25) is 0 Å². The lowest BCUT2D eigenvalue weighted by molar-refractivity contribution is -0.148. The summed E-state index contributed by atoms with van der Waals surface area (Å²) in [6, 6.07) is 0. The first-order chi connectivity index (χ1) is 9.50. The van der Waals surface area contributed by atoms with Crippen LogP contribution >= 0.6 is 0 Å². The fourth-order valence-corrected chi connectivity index (χ4v) is 2.67. The predicted octanol–water partition coefficient (Wildman–Crippen LogP) is 0.263. The molecule has 1 saturated heterocycles. The van der Waals surface area contributed by atoms with E-state index in [1.807, 2.05) is 6.92 Å². The molecule has 0 bridgehead atoms. The maximum Gasteiger partial charge on any atom is 0.327 e. The molecule has 1 aliphatic heterocycles. The molecule has 0 aliphatic carbocycles. The predicted molar refractivity (Wildman–Crippen MR) is 76.7 cm³/mol. The second-order valence-electron chi connectivity index (χ2n) is 5.49. The van der Waals surface area contributed by atoms with E-state index in [-0.39, 0.29) is 18.2 Å². The molecule has 1 aliphatic rings. The summed E-state index contributed by atoms with van der Waals surface area (Å²) in [6.07, 6.45) is 1.06. The topological polar surface area (TPSA) is 60.0 Å². The maximum absolute atomic E-state index is 12.1. The maximum atomic E-state index is 12.1. The number of ether oxygens (including phenoxy) is 3. The molecule has 1 heterocycles. The van der Waals surface area contributed by atoms with Gasteiger partial charge in [-0.25, -0.2) is 0 Å². The van der Waals surface area contributed by atoms with Crippen LogP contribution in [0.25, 0.3) is 0 Å². The van der Waals surface area contributed by atoms with Gasteiger partial charge in [0, 0.05) is 33.9 Å². The van der Waals surface area contributed by atoms with E-state index in [1.165, 1.54) is 7.11 Å². The quantitative estimate of drug-likeness (QED) is 0.647. The number of methoxy groups -OCH3 is 3. The molecule has 0 spiro atoms. The van der Waals surface area contributed by atoms with Gasteiger partial charge >= 0.3 is 5.97 Å². The van der Waals surface area contributed by atoms with E-state index < -0.39 is 5.54 Å². The van der Waals surface area contributed by atoms with Crippen LogP contribution in [0.5, 0.6) is 0 Å². The van der Waals surface area contributed by atoms with E-state index in [0.717, 1.165) is 26.1 Å². The number of nitrogens with zero attached hydrogens (tertiary/aromatic N) is 1. The Morgan fingerprint density at radius 1 is 1.25 bits per heavy atom. The van der Waals surface area contributed by atoms with Crippen LogP contribution in [0.3, 0.4) is 0 Å². The highest BCUT2D eigenvalue weighted by molar-refractivity contribution is 5.80. The molecule has 3 unspecified atom stereocenters. The standard InChI is InChI=1S/C14H28N2O4/c1-6-7-15-14(2,13(17)20-5)10-16-8-11(18-3)12(9-16)19-4/h11-12,15H,6-10H2,1-5H3. The second-order valence-corrected chi connectivity index (χ2v) is 5.49. The molecule has 0 saturated carbocycles. The molecule has 1 rings (SSSR count). The van der Waals surface area contributed by atoms with Gasteiger partial charge in [-0.2, -0.15) is 0 Å². The highest BCUT2D eigenvalue weighted by atomic mass is 16.5. The SMILES string of the molecule is CCCNC(C)(CN1CC(OC)C(OC)C1)C(=O)OC. The number of esters is 1. The highest BCUT2D eigenvalue weighted by Gasteiger charge is 2.40. The van der Waals surface area contributed by atoms with Gasteiger partial charge in [0.05, 0.1) is 19.3 Å². The van der Waals surface area contributed by atoms with E-state index >= 15 is 0 Å². The molecule has 0 aromatic rings. The number of rotatable bonds is 8. The van der Waals surface area contributed by atoms with Gasteiger partial charge in [-0.3, -0.25) is 9.69 Å². The number of carbonyl (C=O) groups excluding carboxylic acids is 1. The summed E-state index contributed by atoms with van der Waals surface area (Å²) in [5.41, 5.74) is -0.703. The van der Waals surface area contributed by atoms with Crippen LogP contribution in [0, 0.1) is 0 Å². The Bertz CT molecular complexity index is 302. The zero-order chi connectivity index (χ0) is 15.2. The molecule has 0 amide bonds. The smallest absolute Gasteiger partial charge is 0.327 e. The first-order valence-electron chi connectivity index (χ1n) is 7.12. The van der Waals surface area contributed by atoms with Gasteiger partial charge in [-0.15, -0.1) is 0 Å². The number of hydrogen-bond acceptors (Lipinski definition) is 6. The van der Waals surface area contributed by atoms with Crippen LogP contribution < -0.4 is 5.32 Å². The van der Waals surface area contributed by atoms with E-state index in [2.05, 4.69) is 17.1 Å². The van der Waals surface area contributed by atoms with E-state index in [4.69, 9.17) is 14.2 Å². The summed E-state index contributed by atoms with van der Waals surface area (Å²) >= 11 is 0. The first kappa shape index (κ1) is 17.4. The molecule has 118 valence electrons. The summed E-state index contributed by atoms with van der Waals surface area (Å²) in [4.78, 5) is 14.2. The normalized spacial score (nSPS) is 26.4. The van der Waals surface area contributed by atoms with E-state index in [0.29, 0.717) is 6.54 Å². The largest absolute Gasteiger partial charge is 0.468 e. The fourth-order valence-electron chi connectivity index (χ4n) is 2.67. The summed E-state index contributed by atoms with van der Waals surface area (Å²) in [6.45, 7) is 6.84. The van der Waals surface area contributed by atoms with Crippen molar-refractivity contribution in [3.63, 3.8) is 0 Å². The molecular weight excluding hydrogens is 260 g/mol. The van der Waals surface area contributed by atoms with Gasteiger partial charge in [0.1, 0.15) is 5.54 Å². The lowest BCUT2D eigenvalue weighted by Gasteiger charge is -2.32. The summed E-state index contributed by atoms with van der Waals surface area (Å²) in [5.74, 6) is -0.235. The summed E-state index contributed by atoms with van der Waals surface area (Å²) in [5, 5.41) is 3.29. The molecule has 20 heavy (non-hydrogen) atoms. The third kappa shape index (κ3) is 4.15. The Balaban J connectivity index is 2.68. The Hall–Kier alpha value is -0.690. The van der Waals surface area contributed by atoms with Crippen molar-refractivity contribution in [3.05, 3.63) is 0 Å².